The number of hydrogen-bond acceptors (Lipinski definition) is 5. The molecule has 0 fully saturated rings. The van der Waals surface area contributed by atoms with Gasteiger partial charge in [0, 0.05) is 28.1 Å². The lowest BCUT2D eigenvalue weighted by molar-refractivity contribution is 0.0681. The maximum Gasteiger partial charge on any atom is 0.352 e. The van der Waals surface area contributed by atoms with Crippen molar-refractivity contribution in [2.75, 3.05) is 7.11 Å². The van der Waals surface area contributed by atoms with Crippen LogP contribution in [0.15, 0.2) is 29.6 Å². The molecule has 3 aromatic rings. The number of hydrogen-bond donors (Lipinski definition) is 2. The average molecular weight is 413 g/mol. The van der Waals surface area contributed by atoms with Gasteiger partial charge in [0.1, 0.15) is 5.69 Å². The number of rotatable bonds is 6. The highest BCUT2D eigenvalue weighted by Crippen LogP contribution is 2.47. The van der Waals surface area contributed by atoms with Crippen molar-refractivity contribution in [2.45, 2.75) is 39.5 Å². The lowest BCUT2D eigenvalue weighted by Gasteiger charge is -2.24. The summed E-state index contributed by atoms with van der Waals surface area (Å²) in [4.78, 5) is 13.0. The Morgan fingerprint density at radius 1 is 1.31 bits per heavy atom. The first-order valence-corrected chi connectivity index (χ1v) is 10.4. The second-order valence-corrected chi connectivity index (χ2v) is 8.17. The van der Waals surface area contributed by atoms with E-state index in [1.807, 2.05) is 48.1 Å². The van der Waals surface area contributed by atoms with E-state index in [1.54, 1.807) is 7.11 Å². The van der Waals surface area contributed by atoms with Crippen LogP contribution in [0.5, 0.6) is 11.5 Å². The van der Waals surface area contributed by atoms with Crippen molar-refractivity contribution in [2.24, 2.45) is 0 Å². The summed E-state index contributed by atoms with van der Waals surface area (Å²) in [5.74, 6) is 0.250. The number of carbonyl (C=O) groups is 1. The van der Waals surface area contributed by atoms with Crippen LogP contribution in [-0.2, 0) is 19.6 Å². The van der Waals surface area contributed by atoms with E-state index in [0.717, 1.165) is 27.3 Å². The molecule has 3 heterocycles. The number of aromatic nitrogens is 1. The molecule has 1 aliphatic rings. The van der Waals surface area contributed by atoms with Crippen LogP contribution < -0.4 is 9.47 Å². The largest absolute Gasteiger partial charge is 0.493 e. The molecule has 4 rings (SSSR count). The summed E-state index contributed by atoms with van der Waals surface area (Å²) in [7, 11) is 1.61. The van der Waals surface area contributed by atoms with E-state index in [-0.39, 0.29) is 18.4 Å². The molecule has 29 heavy (non-hydrogen) atoms. The highest BCUT2D eigenvalue weighted by Gasteiger charge is 2.32. The van der Waals surface area contributed by atoms with Crippen LogP contribution in [-0.4, -0.2) is 34.0 Å². The van der Waals surface area contributed by atoms with Crippen LogP contribution in [0.4, 0.5) is 0 Å². The highest BCUT2D eigenvalue weighted by atomic mass is 32.1. The molecule has 0 radical (unpaired) electrons. The molecule has 0 spiro atoms. The van der Waals surface area contributed by atoms with Gasteiger partial charge in [-0.05, 0) is 49.4 Å². The maximum atomic E-state index is 12.1. The zero-order valence-electron chi connectivity index (χ0n) is 16.6. The van der Waals surface area contributed by atoms with E-state index in [2.05, 4.69) is 0 Å². The van der Waals surface area contributed by atoms with Crippen molar-refractivity contribution in [1.82, 2.24) is 4.57 Å². The number of aliphatic hydroxyl groups excluding tert-OH is 1. The van der Waals surface area contributed by atoms with Crippen molar-refractivity contribution < 1.29 is 24.5 Å². The average Bonchev–Trinajstić information content (AvgIpc) is 3.31. The lowest BCUT2D eigenvalue weighted by Crippen LogP contribution is -2.17. The normalized spacial score (nSPS) is 12.6. The van der Waals surface area contributed by atoms with Crippen molar-refractivity contribution in [3.05, 3.63) is 46.5 Å². The number of methoxy groups -OCH3 is 1. The number of thiophene rings is 1. The van der Waals surface area contributed by atoms with Gasteiger partial charge >= 0.3 is 5.97 Å². The molecule has 1 aromatic carbocycles. The third-order valence-corrected chi connectivity index (χ3v) is 5.99. The number of aliphatic hydroxyl groups is 1. The van der Waals surface area contributed by atoms with Gasteiger partial charge in [0.05, 0.1) is 25.5 Å². The standard InChI is InChI=1S/C22H23NO5S/c1-12(2)28-17-10-14-13(9-16(17)27-3)6-7-23-20(14)19(18-5-4-8-29-18)15(11-24)21(23)22(25)26/h4-5,8-10,12,24H,6-7,11H2,1-3H3,(H,25,26). The van der Waals surface area contributed by atoms with Crippen LogP contribution in [0.25, 0.3) is 21.7 Å². The third-order valence-electron chi connectivity index (χ3n) is 5.10. The topological polar surface area (TPSA) is 80.9 Å². The zero-order chi connectivity index (χ0) is 20.7. The van der Waals surface area contributed by atoms with Crippen molar-refractivity contribution in [1.29, 1.82) is 0 Å². The van der Waals surface area contributed by atoms with Crippen LogP contribution >= 0.6 is 11.3 Å². The first-order chi connectivity index (χ1) is 14.0. The molecule has 6 nitrogen and oxygen atoms in total. The van der Waals surface area contributed by atoms with Gasteiger partial charge in [0.15, 0.2) is 11.5 Å². The summed E-state index contributed by atoms with van der Waals surface area (Å²) in [6, 6.07) is 7.79. The number of fused-ring (bicyclic) bond motifs is 3. The Kier molecular flexibility index (Phi) is 5.10. The quantitative estimate of drug-likeness (QED) is 0.625. The monoisotopic (exact) mass is 413 g/mol. The second-order valence-electron chi connectivity index (χ2n) is 7.22. The minimum Gasteiger partial charge on any atom is -0.493 e. The molecule has 0 saturated heterocycles. The van der Waals surface area contributed by atoms with Crippen LogP contribution in [0.1, 0.15) is 35.5 Å². The van der Waals surface area contributed by atoms with Gasteiger partial charge in [0.2, 0.25) is 0 Å². The van der Waals surface area contributed by atoms with Gasteiger partial charge in [-0.3, -0.25) is 0 Å². The van der Waals surface area contributed by atoms with Crippen LogP contribution in [0.3, 0.4) is 0 Å². The number of ether oxygens (including phenoxy) is 2. The minimum atomic E-state index is -1.03. The Balaban J connectivity index is 2.05. The number of aryl methyl sites for hydroxylation is 1. The van der Waals surface area contributed by atoms with Gasteiger partial charge in [-0.1, -0.05) is 6.07 Å². The molecule has 0 saturated carbocycles. The Labute approximate surface area is 172 Å². The van der Waals surface area contributed by atoms with Crippen molar-refractivity contribution in [3.63, 3.8) is 0 Å². The van der Waals surface area contributed by atoms with E-state index in [4.69, 9.17) is 9.47 Å². The van der Waals surface area contributed by atoms with E-state index in [9.17, 15) is 15.0 Å². The molecule has 0 amide bonds. The summed E-state index contributed by atoms with van der Waals surface area (Å²) < 4.78 is 13.3. The number of nitrogens with zero attached hydrogens (tertiary/aromatic N) is 1. The van der Waals surface area contributed by atoms with Crippen LogP contribution in [0, 0.1) is 0 Å². The van der Waals surface area contributed by atoms with Gasteiger partial charge in [-0.25, -0.2) is 4.79 Å². The van der Waals surface area contributed by atoms with E-state index in [0.29, 0.717) is 30.0 Å². The molecule has 152 valence electrons. The molecule has 0 unspecified atom stereocenters. The fraction of sp³-hybridized carbons (Fsp3) is 0.318. The number of aromatic carboxylic acids is 1. The Morgan fingerprint density at radius 2 is 2.10 bits per heavy atom. The summed E-state index contributed by atoms with van der Waals surface area (Å²) in [6.45, 7) is 4.09. The molecular weight excluding hydrogens is 390 g/mol. The van der Waals surface area contributed by atoms with Crippen molar-refractivity contribution >= 4 is 17.3 Å². The molecule has 0 atom stereocenters. The molecule has 1 aliphatic heterocycles. The highest BCUT2D eigenvalue weighted by molar-refractivity contribution is 7.13. The molecule has 0 bridgehead atoms. The third kappa shape index (κ3) is 3.20. The fourth-order valence-corrected chi connectivity index (χ4v) is 4.83. The van der Waals surface area contributed by atoms with Crippen LogP contribution in [0.2, 0.25) is 0 Å². The minimum absolute atomic E-state index is 0.0309. The molecule has 7 heteroatoms. The molecule has 2 aromatic heterocycles. The smallest absolute Gasteiger partial charge is 0.352 e. The summed E-state index contributed by atoms with van der Waals surface area (Å²) in [5.41, 5.74) is 4.18. The van der Waals surface area contributed by atoms with Gasteiger partial charge in [-0.15, -0.1) is 11.3 Å². The molecule has 2 N–H and O–H groups in total. The Morgan fingerprint density at radius 3 is 2.69 bits per heavy atom. The Bertz CT molecular complexity index is 1070. The van der Waals surface area contributed by atoms with Gasteiger partial charge < -0.3 is 24.3 Å². The fourth-order valence-electron chi connectivity index (χ4n) is 4.03. The Hall–Kier alpha value is -2.77. The lowest BCUT2D eigenvalue weighted by atomic mass is 9.94. The predicted octanol–water partition coefficient (Wildman–Crippen LogP) is 4.43. The van der Waals surface area contributed by atoms with E-state index in [1.165, 1.54) is 11.3 Å². The SMILES string of the molecule is COc1cc2c(cc1OC(C)C)-c1c(-c3cccs3)c(CO)c(C(=O)O)n1CC2. The zero-order valence-corrected chi connectivity index (χ0v) is 17.4. The summed E-state index contributed by atoms with van der Waals surface area (Å²) >= 11 is 1.53. The second kappa shape index (κ2) is 7.57. The van der Waals surface area contributed by atoms with Gasteiger partial charge in [0.25, 0.3) is 0 Å². The summed E-state index contributed by atoms with van der Waals surface area (Å²) in [5, 5.41) is 21.9. The molecule has 0 aliphatic carbocycles. The summed E-state index contributed by atoms with van der Waals surface area (Å²) in [6.07, 6.45) is 0.640. The van der Waals surface area contributed by atoms with Crippen molar-refractivity contribution in [3.8, 4) is 33.2 Å². The first-order valence-electron chi connectivity index (χ1n) is 9.47. The number of carboxylic acids is 1. The van der Waals surface area contributed by atoms with E-state index < -0.39 is 5.97 Å². The molecular formula is C22H23NO5S. The van der Waals surface area contributed by atoms with Gasteiger partial charge in [-0.2, -0.15) is 0 Å². The first kappa shape index (κ1) is 19.5. The number of carboxylic acid groups (broad SMARTS) is 1. The maximum absolute atomic E-state index is 12.1. The van der Waals surface area contributed by atoms with E-state index >= 15 is 0 Å². The number of benzene rings is 1. The predicted molar refractivity (Wildman–Crippen MR) is 112 cm³/mol.